The van der Waals surface area contributed by atoms with Crippen LogP contribution in [-0.2, 0) is 16.6 Å². The Balaban J connectivity index is 2.37. The first-order valence-corrected chi connectivity index (χ1v) is 5.77. The van der Waals surface area contributed by atoms with Crippen molar-refractivity contribution >= 4 is 5.78 Å². The number of carbonyl (C=O) groups is 1. The SMILES string of the molecule is C[C@]1(CC[N+](=O)[O-])C(=O)CCc2ccccc21. The third-order valence-electron chi connectivity index (χ3n) is 3.64. The Morgan fingerprint density at radius 2 is 2.06 bits per heavy atom. The Bertz CT molecular complexity index is 469. The number of aryl methyl sites for hydroxylation is 1. The maximum absolute atomic E-state index is 12.1. The molecule has 0 bridgehead atoms. The number of hydrogen-bond acceptors (Lipinski definition) is 3. The number of rotatable bonds is 3. The van der Waals surface area contributed by atoms with Gasteiger partial charge in [-0.15, -0.1) is 0 Å². The molecule has 0 heterocycles. The molecule has 0 saturated heterocycles. The molecule has 0 spiro atoms. The third-order valence-corrected chi connectivity index (χ3v) is 3.64. The zero-order valence-corrected chi connectivity index (χ0v) is 9.81. The van der Waals surface area contributed by atoms with Crippen molar-refractivity contribution in [2.75, 3.05) is 6.54 Å². The molecule has 0 amide bonds. The molecule has 0 fully saturated rings. The monoisotopic (exact) mass is 233 g/mol. The van der Waals surface area contributed by atoms with Crippen molar-refractivity contribution in [3.05, 3.63) is 45.5 Å². The van der Waals surface area contributed by atoms with Crippen LogP contribution in [0.25, 0.3) is 0 Å². The molecule has 0 saturated carbocycles. The second-order valence-electron chi connectivity index (χ2n) is 4.72. The molecule has 0 aliphatic heterocycles. The van der Waals surface area contributed by atoms with Gasteiger partial charge >= 0.3 is 0 Å². The molecule has 1 aromatic rings. The molecule has 1 aromatic carbocycles. The molecule has 0 radical (unpaired) electrons. The smallest absolute Gasteiger partial charge is 0.205 e. The first kappa shape index (κ1) is 11.8. The van der Waals surface area contributed by atoms with Gasteiger partial charge < -0.3 is 0 Å². The van der Waals surface area contributed by atoms with Crippen LogP contribution in [0.3, 0.4) is 0 Å². The van der Waals surface area contributed by atoms with Crippen LogP contribution in [0.5, 0.6) is 0 Å². The van der Waals surface area contributed by atoms with E-state index in [1.807, 2.05) is 31.2 Å². The standard InChI is InChI=1S/C13H15NO3/c1-13(8-9-14(16)17)11-5-3-2-4-10(11)6-7-12(13)15/h2-5H,6-9H2,1H3/t13-/m1/s1. The van der Waals surface area contributed by atoms with Crippen LogP contribution in [-0.4, -0.2) is 17.3 Å². The van der Waals surface area contributed by atoms with Gasteiger partial charge in [0.1, 0.15) is 5.78 Å². The minimum absolute atomic E-state index is 0.123. The van der Waals surface area contributed by atoms with Crippen molar-refractivity contribution in [1.29, 1.82) is 0 Å². The van der Waals surface area contributed by atoms with Crippen molar-refractivity contribution in [3.8, 4) is 0 Å². The van der Waals surface area contributed by atoms with Crippen molar-refractivity contribution in [2.24, 2.45) is 0 Å². The number of carbonyl (C=O) groups excluding carboxylic acids is 1. The molecule has 1 aliphatic carbocycles. The number of ketones is 1. The Hall–Kier alpha value is -1.71. The molecule has 4 nitrogen and oxygen atoms in total. The normalized spacial score (nSPS) is 23.2. The van der Waals surface area contributed by atoms with Gasteiger partial charge in [-0.1, -0.05) is 24.3 Å². The summed E-state index contributed by atoms with van der Waals surface area (Å²) in [7, 11) is 0. The maximum atomic E-state index is 12.1. The predicted octanol–water partition coefficient (Wildman–Crippen LogP) is 2.13. The average molecular weight is 233 g/mol. The summed E-state index contributed by atoms with van der Waals surface area (Å²) in [6, 6.07) is 7.77. The summed E-state index contributed by atoms with van der Waals surface area (Å²) in [5, 5.41) is 10.5. The van der Waals surface area contributed by atoms with Gasteiger partial charge in [-0.25, -0.2) is 0 Å². The highest BCUT2D eigenvalue weighted by molar-refractivity contribution is 5.91. The second kappa shape index (κ2) is 4.28. The van der Waals surface area contributed by atoms with E-state index in [-0.39, 0.29) is 23.7 Å². The average Bonchev–Trinajstić information content (AvgIpc) is 2.32. The van der Waals surface area contributed by atoms with E-state index < -0.39 is 5.41 Å². The first-order valence-electron chi connectivity index (χ1n) is 5.77. The summed E-state index contributed by atoms with van der Waals surface area (Å²) >= 11 is 0. The minimum atomic E-state index is -0.679. The van der Waals surface area contributed by atoms with Crippen LogP contribution >= 0.6 is 0 Å². The summed E-state index contributed by atoms with van der Waals surface area (Å²) in [5.74, 6) is 0.123. The van der Waals surface area contributed by atoms with Gasteiger partial charge in [0.05, 0.1) is 5.41 Å². The molecule has 1 aliphatic rings. The molecular formula is C13H15NO3. The molecule has 2 rings (SSSR count). The molecule has 1 atom stereocenters. The number of nitrogens with zero attached hydrogens (tertiary/aromatic N) is 1. The Labute approximate surface area is 99.8 Å². The number of hydrogen-bond donors (Lipinski definition) is 0. The molecule has 4 heteroatoms. The molecule has 0 unspecified atom stereocenters. The lowest BCUT2D eigenvalue weighted by atomic mass is 9.68. The summed E-state index contributed by atoms with van der Waals surface area (Å²) in [5.41, 5.74) is 1.44. The van der Waals surface area contributed by atoms with Crippen molar-refractivity contribution in [2.45, 2.75) is 31.6 Å². The lowest BCUT2D eigenvalue weighted by molar-refractivity contribution is -0.481. The zero-order valence-electron chi connectivity index (χ0n) is 9.81. The molecule has 0 aromatic heterocycles. The molecule has 90 valence electrons. The lowest BCUT2D eigenvalue weighted by Gasteiger charge is -2.33. The van der Waals surface area contributed by atoms with Gasteiger partial charge in [0, 0.05) is 17.8 Å². The van der Waals surface area contributed by atoms with Crippen molar-refractivity contribution < 1.29 is 9.72 Å². The number of benzene rings is 1. The fraction of sp³-hybridized carbons (Fsp3) is 0.462. The number of nitro groups is 1. The fourth-order valence-corrected chi connectivity index (χ4v) is 2.54. The van der Waals surface area contributed by atoms with Gasteiger partial charge in [-0.3, -0.25) is 14.9 Å². The van der Waals surface area contributed by atoms with E-state index in [4.69, 9.17) is 0 Å². The highest BCUT2D eigenvalue weighted by atomic mass is 16.6. The highest BCUT2D eigenvalue weighted by Gasteiger charge is 2.40. The quantitative estimate of drug-likeness (QED) is 0.593. The Kier molecular flexibility index (Phi) is 2.96. The molecule has 0 N–H and O–H groups in total. The van der Waals surface area contributed by atoms with Gasteiger partial charge in [0.15, 0.2) is 0 Å². The van der Waals surface area contributed by atoms with Crippen LogP contribution < -0.4 is 0 Å². The van der Waals surface area contributed by atoms with Gasteiger partial charge in [-0.05, 0) is 24.5 Å². The zero-order chi connectivity index (χ0) is 12.5. The summed E-state index contributed by atoms with van der Waals surface area (Å²) in [4.78, 5) is 22.2. The lowest BCUT2D eigenvalue weighted by Crippen LogP contribution is -2.38. The summed E-state index contributed by atoms with van der Waals surface area (Å²) < 4.78 is 0. The van der Waals surface area contributed by atoms with Crippen molar-refractivity contribution in [3.63, 3.8) is 0 Å². The van der Waals surface area contributed by atoms with E-state index in [1.165, 1.54) is 0 Å². The molecular weight excluding hydrogens is 218 g/mol. The fourth-order valence-electron chi connectivity index (χ4n) is 2.54. The van der Waals surface area contributed by atoms with Gasteiger partial charge in [0.2, 0.25) is 6.54 Å². The van der Waals surface area contributed by atoms with Crippen LogP contribution in [0.2, 0.25) is 0 Å². The van der Waals surface area contributed by atoms with E-state index in [0.29, 0.717) is 6.42 Å². The third kappa shape index (κ3) is 2.07. The highest BCUT2D eigenvalue weighted by Crippen LogP contribution is 2.37. The van der Waals surface area contributed by atoms with Crippen LogP contribution in [0.4, 0.5) is 0 Å². The van der Waals surface area contributed by atoms with E-state index in [1.54, 1.807) is 0 Å². The Morgan fingerprint density at radius 3 is 2.76 bits per heavy atom. The molecule has 17 heavy (non-hydrogen) atoms. The summed E-state index contributed by atoms with van der Waals surface area (Å²) in [6.45, 7) is 1.67. The van der Waals surface area contributed by atoms with E-state index in [0.717, 1.165) is 17.5 Å². The Morgan fingerprint density at radius 1 is 1.35 bits per heavy atom. The number of Topliss-reactive ketones (excluding diaryl/α,β-unsaturated/α-hetero) is 1. The van der Waals surface area contributed by atoms with Gasteiger partial charge in [0.25, 0.3) is 0 Å². The van der Waals surface area contributed by atoms with E-state index in [2.05, 4.69) is 0 Å². The van der Waals surface area contributed by atoms with Crippen molar-refractivity contribution in [1.82, 2.24) is 0 Å². The predicted molar refractivity (Wildman–Crippen MR) is 63.6 cm³/mol. The van der Waals surface area contributed by atoms with E-state index in [9.17, 15) is 14.9 Å². The van der Waals surface area contributed by atoms with Crippen LogP contribution in [0, 0.1) is 10.1 Å². The summed E-state index contributed by atoms with van der Waals surface area (Å²) in [6.07, 6.45) is 1.53. The van der Waals surface area contributed by atoms with Gasteiger partial charge in [-0.2, -0.15) is 0 Å². The van der Waals surface area contributed by atoms with E-state index >= 15 is 0 Å². The maximum Gasteiger partial charge on any atom is 0.205 e. The number of fused-ring (bicyclic) bond motifs is 1. The minimum Gasteiger partial charge on any atom is -0.299 e. The second-order valence-corrected chi connectivity index (χ2v) is 4.72. The first-order chi connectivity index (χ1) is 8.04. The topological polar surface area (TPSA) is 60.2 Å². The van der Waals surface area contributed by atoms with Crippen LogP contribution in [0.15, 0.2) is 24.3 Å². The largest absolute Gasteiger partial charge is 0.299 e. The van der Waals surface area contributed by atoms with Crippen LogP contribution in [0.1, 0.15) is 30.9 Å².